The van der Waals surface area contributed by atoms with E-state index in [-0.39, 0.29) is 23.6 Å². The van der Waals surface area contributed by atoms with E-state index in [9.17, 15) is 21.6 Å². The molecule has 10 heteroatoms. The normalized spacial score (nSPS) is 20.8. The highest BCUT2D eigenvalue weighted by molar-refractivity contribution is 7.89. The van der Waals surface area contributed by atoms with E-state index in [1.54, 1.807) is 0 Å². The first-order chi connectivity index (χ1) is 14.1. The zero-order chi connectivity index (χ0) is 22.4. The van der Waals surface area contributed by atoms with Crippen molar-refractivity contribution >= 4 is 10.0 Å². The van der Waals surface area contributed by atoms with Gasteiger partial charge in [0.25, 0.3) is 0 Å². The highest BCUT2D eigenvalue weighted by Crippen LogP contribution is 2.32. The number of rotatable bonds is 10. The van der Waals surface area contributed by atoms with E-state index in [2.05, 4.69) is 0 Å². The van der Waals surface area contributed by atoms with Crippen LogP contribution in [0.5, 0.6) is 0 Å². The first kappa shape index (κ1) is 25.1. The zero-order valence-corrected chi connectivity index (χ0v) is 18.3. The fraction of sp³-hybridized carbons (Fsp3) is 0.700. The second-order valence-corrected chi connectivity index (χ2v) is 9.72. The van der Waals surface area contributed by atoms with E-state index >= 15 is 0 Å². The van der Waals surface area contributed by atoms with E-state index < -0.39 is 21.8 Å². The van der Waals surface area contributed by atoms with E-state index in [1.807, 2.05) is 11.9 Å². The van der Waals surface area contributed by atoms with Gasteiger partial charge >= 0.3 is 6.18 Å². The van der Waals surface area contributed by atoms with Crippen LogP contribution in [-0.2, 0) is 20.9 Å². The standard InChI is InChI=1S/C20H31F3N2O4S/c1-24(13-14-26)12-3-15-29-18-8-6-17(7-9-18)25(2)30(27,28)19-10-4-16(5-11-19)20(21,22)23/h4-5,10-11,17-18,26H,3,6-9,12-15H2,1-2H3. The van der Waals surface area contributed by atoms with Crippen molar-refractivity contribution in [2.24, 2.45) is 0 Å². The zero-order valence-electron chi connectivity index (χ0n) is 17.4. The van der Waals surface area contributed by atoms with E-state index in [0.717, 1.165) is 50.1 Å². The summed E-state index contributed by atoms with van der Waals surface area (Å²) in [7, 11) is -0.434. The highest BCUT2D eigenvalue weighted by Gasteiger charge is 2.34. The maximum atomic E-state index is 12.8. The van der Waals surface area contributed by atoms with Crippen LogP contribution >= 0.6 is 0 Å². The summed E-state index contributed by atoms with van der Waals surface area (Å²) >= 11 is 0. The summed E-state index contributed by atoms with van der Waals surface area (Å²) in [6.07, 6.45) is -0.781. The summed E-state index contributed by atoms with van der Waals surface area (Å²) in [5.41, 5.74) is -0.871. The van der Waals surface area contributed by atoms with Crippen molar-refractivity contribution < 1.29 is 31.4 Å². The predicted octanol–water partition coefficient (Wildman–Crippen LogP) is 2.97. The third-order valence-electron chi connectivity index (χ3n) is 5.54. The van der Waals surface area contributed by atoms with E-state index in [0.29, 0.717) is 26.0 Å². The minimum Gasteiger partial charge on any atom is -0.395 e. The van der Waals surface area contributed by atoms with Gasteiger partial charge in [0.05, 0.1) is 23.2 Å². The lowest BCUT2D eigenvalue weighted by molar-refractivity contribution is -0.137. The summed E-state index contributed by atoms with van der Waals surface area (Å²) in [5, 5.41) is 8.88. The van der Waals surface area contributed by atoms with Gasteiger partial charge in [0.1, 0.15) is 0 Å². The van der Waals surface area contributed by atoms with Crippen LogP contribution in [0.2, 0.25) is 0 Å². The molecule has 0 atom stereocenters. The molecule has 1 saturated carbocycles. The largest absolute Gasteiger partial charge is 0.416 e. The van der Waals surface area contributed by atoms with Gasteiger partial charge in [0.15, 0.2) is 0 Å². The van der Waals surface area contributed by atoms with Gasteiger partial charge in [-0.1, -0.05) is 0 Å². The summed E-state index contributed by atoms with van der Waals surface area (Å²) in [6.45, 7) is 2.21. The maximum Gasteiger partial charge on any atom is 0.416 e. The molecule has 0 unspecified atom stereocenters. The molecule has 1 N–H and O–H groups in total. The average Bonchev–Trinajstić information content (AvgIpc) is 2.71. The molecule has 0 saturated heterocycles. The third-order valence-corrected chi connectivity index (χ3v) is 7.46. The Kier molecular flexibility index (Phi) is 9.11. The van der Waals surface area contributed by atoms with Gasteiger partial charge in [-0.05, 0) is 63.4 Å². The van der Waals surface area contributed by atoms with Crippen LogP contribution in [-0.4, -0.2) is 75.3 Å². The molecule has 0 spiro atoms. The molecule has 172 valence electrons. The summed E-state index contributed by atoms with van der Waals surface area (Å²) in [6, 6.07) is 3.41. The Bertz CT molecular complexity index is 748. The molecule has 0 aliphatic heterocycles. The second kappa shape index (κ2) is 10.9. The molecule has 2 rings (SSSR count). The number of nitrogens with zero attached hydrogens (tertiary/aromatic N) is 2. The summed E-state index contributed by atoms with van der Waals surface area (Å²) in [4.78, 5) is 1.89. The predicted molar refractivity (Wildman–Crippen MR) is 108 cm³/mol. The smallest absolute Gasteiger partial charge is 0.395 e. The third kappa shape index (κ3) is 6.91. The van der Waals surface area contributed by atoms with Crippen molar-refractivity contribution in [1.82, 2.24) is 9.21 Å². The fourth-order valence-electron chi connectivity index (χ4n) is 3.62. The van der Waals surface area contributed by atoms with Crippen molar-refractivity contribution in [2.45, 2.75) is 55.3 Å². The van der Waals surface area contributed by atoms with Gasteiger partial charge in [0, 0.05) is 32.8 Å². The molecule has 1 aromatic carbocycles. The lowest BCUT2D eigenvalue weighted by atomic mass is 9.93. The van der Waals surface area contributed by atoms with Gasteiger partial charge in [-0.25, -0.2) is 8.42 Å². The van der Waals surface area contributed by atoms with Gasteiger partial charge in [-0.15, -0.1) is 0 Å². The van der Waals surface area contributed by atoms with Crippen LogP contribution in [0, 0.1) is 0 Å². The van der Waals surface area contributed by atoms with Crippen LogP contribution in [0.25, 0.3) is 0 Å². The molecule has 0 heterocycles. The highest BCUT2D eigenvalue weighted by atomic mass is 32.2. The Morgan fingerprint density at radius 2 is 1.67 bits per heavy atom. The van der Waals surface area contributed by atoms with Crippen molar-refractivity contribution in [1.29, 1.82) is 0 Å². The molecule has 1 aliphatic rings. The Labute approximate surface area is 176 Å². The molecule has 0 amide bonds. The second-order valence-electron chi connectivity index (χ2n) is 7.73. The minimum absolute atomic E-state index is 0.0894. The van der Waals surface area contributed by atoms with Crippen molar-refractivity contribution in [3.05, 3.63) is 29.8 Å². The number of sulfonamides is 1. The number of hydrogen-bond acceptors (Lipinski definition) is 5. The summed E-state index contributed by atoms with van der Waals surface area (Å²) < 4.78 is 70.9. The molecule has 0 radical (unpaired) electrons. The lowest BCUT2D eigenvalue weighted by Gasteiger charge is -2.34. The number of hydrogen-bond donors (Lipinski definition) is 1. The monoisotopic (exact) mass is 452 g/mol. The first-order valence-electron chi connectivity index (χ1n) is 10.1. The number of alkyl halides is 3. The SMILES string of the molecule is CN(CCO)CCCOC1CCC(N(C)S(=O)(=O)c2ccc(C(F)(F)F)cc2)CC1. The van der Waals surface area contributed by atoms with Crippen LogP contribution in [0.1, 0.15) is 37.7 Å². The topological polar surface area (TPSA) is 70.1 Å². The fourth-order valence-corrected chi connectivity index (χ4v) is 5.04. The Balaban J connectivity index is 1.83. The maximum absolute atomic E-state index is 12.8. The number of ether oxygens (including phenoxy) is 1. The first-order valence-corrected chi connectivity index (χ1v) is 11.6. The average molecular weight is 453 g/mol. The molecular weight excluding hydrogens is 421 g/mol. The number of benzene rings is 1. The van der Waals surface area contributed by atoms with Crippen LogP contribution in [0.3, 0.4) is 0 Å². The van der Waals surface area contributed by atoms with Crippen molar-refractivity contribution in [3.8, 4) is 0 Å². The van der Waals surface area contributed by atoms with Crippen LogP contribution in [0.15, 0.2) is 29.2 Å². The van der Waals surface area contributed by atoms with Crippen LogP contribution < -0.4 is 0 Å². The Morgan fingerprint density at radius 1 is 1.07 bits per heavy atom. The van der Waals surface area contributed by atoms with Gasteiger partial charge < -0.3 is 14.7 Å². The summed E-state index contributed by atoms with van der Waals surface area (Å²) in [5.74, 6) is 0. The molecular formula is C20H31F3N2O4S. The Hall–Kier alpha value is -1.20. The van der Waals surface area contributed by atoms with Crippen LogP contribution in [0.4, 0.5) is 13.2 Å². The molecule has 30 heavy (non-hydrogen) atoms. The molecule has 0 aromatic heterocycles. The van der Waals surface area contributed by atoms with Gasteiger partial charge in [-0.3, -0.25) is 0 Å². The number of halogens is 3. The van der Waals surface area contributed by atoms with Gasteiger partial charge in [-0.2, -0.15) is 17.5 Å². The molecule has 1 aromatic rings. The van der Waals surface area contributed by atoms with Crippen molar-refractivity contribution in [3.63, 3.8) is 0 Å². The number of aliphatic hydroxyl groups excluding tert-OH is 1. The molecule has 1 aliphatic carbocycles. The number of aliphatic hydroxyl groups is 1. The van der Waals surface area contributed by atoms with Gasteiger partial charge in [0.2, 0.25) is 10.0 Å². The van der Waals surface area contributed by atoms with E-state index in [4.69, 9.17) is 9.84 Å². The lowest BCUT2D eigenvalue weighted by Crippen LogP contribution is -2.40. The molecule has 1 fully saturated rings. The molecule has 6 nitrogen and oxygen atoms in total. The molecule has 0 bridgehead atoms. The minimum atomic E-state index is -4.50. The van der Waals surface area contributed by atoms with E-state index in [1.165, 1.54) is 11.4 Å². The quantitative estimate of drug-likeness (QED) is 0.553. The van der Waals surface area contributed by atoms with Crippen molar-refractivity contribution in [2.75, 3.05) is 40.4 Å². The Morgan fingerprint density at radius 3 is 2.20 bits per heavy atom. The number of likely N-dealkylation sites (N-methyl/N-ethyl adjacent to an activating group) is 1.